The Morgan fingerprint density at radius 1 is 1.18 bits per heavy atom. The van der Waals surface area contributed by atoms with Gasteiger partial charge in [-0.3, -0.25) is 19.0 Å². The fourth-order valence-corrected chi connectivity index (χ4v) is 5.23. The molecule has 1 aliphatic heterocycles. The fourth-order valence-electron chi connectivity index (χ4n) is 5.23. The molecule has 0 saturated heterocycles. The summed E-state index contributed by atoms with van der Waals surface area (Å²) < 4.78 is 48.4. The summed E-state index contributed by atoms with van der Waals surface area (Å²) in [7, 11) is 1.41. The summed E-state index contributed by atoms with van der Waals surface area (Å²) >= 11 is 0. The van der Waals surface area contributed by atoms with Crippen molar-refractivity contribution in [2.45, 2.75) is 50.7 Å². The number of alkyl halides is 3. The minimum absolute atomic E-state index is 0.0500. The van der Waals surface area contributed by atoms with Crippen molar-refractivity contribution in [3.8, 4) is 23.1 Å². The van der Waals surface area contributed by atoms with Crippen LogP contribution < -0.4 is 15.4 Å². The molecule has 2 heterocycles. The van der Waals surface area contributed by atoms with E-state index in [1.54, 1.807) is 21.7 Å². The maximum atomic E-state index is 13.9. The highest BCUT2D eigenvalue weighted by atomic mass is 19.4. The highest BCUT2D eigenvalue weighted by Crippen LogP contribution is 2.43. The Balaban J connectivity index is 1.45. The second kappa shape index (κ2) is 9.74. The number of aromatic nitrogens is 2. The molecule has 5 rings (SSSR count). The number of nitriles is 1. The number of amides is 2. The molecule has 39 heavy (non-hydrogen) atoms. The lowest BCUT2D eigenvalue weighted by Gasteiger charge is -2.36. The molecule has 2 N–H and O–H groups in total. The van der Waals surface area contributed by atoms with Gasteiger partial charge in [0, 0.05) is 16.8 Å². The number of fused-ring (bicyclic) bond motifs is 1. The van der Waals surface area contributed by atoms with Gasteiger partial charge in [0.25, 0.3) is 5.91 Å². The third-order valence-electron chi connectivity index (χ3n) is 7.14. The minimum atomic E-state index is -4.64. The molecule has 12 heteroatoms. The number of rotatable bonds is 6. The van der Waals surface area contributed by atoms with E-state index in [1.807, 2.05) is 19.1 Å². The number of methoxy groups -OCH3 is 1. The van der Waals surface area contributed by atoms with Gasteiger partial charge < -0.3 is 15.4 Å². The number of halogens is 3. The van der Waals surface area contributed by atoms with E-state index in [1.165, 1.54) is 25.3 Å². The zero-order valence-corrected chi connectivity index (χ0v) is 21.0. The number of anilines is 1. The maximum Gasteiger partial charge on any atom is 0.522 e. The number of primary amides is 1. The van der Waals surface area contributed by atoms with Crippen molar-refractivity contribution in [3.63, 3.8) is 0 Å². The first-order chi connectivity index (χ1) is 18.5. The molecule has 1 saturated carbocycles. The molecule has 0 radical (unpaired) electrons. The molecule has 0 bridgehead atoms. The van der Waals surface area contributed by atoms with E-state index in [9.17, 15) is 28.0 Å². The van der Waals surface area contributed by atoms with Gasteiger partial charge in [-0.05, 0) is 55.5 Å². The van der Waals surface area contributed by atoms with Crippen molar-refractivity contribution >= 4 is 17.5 Å². The summed E-state index contributed by atoms with van der Waals surface area (Å²) in [5, 5.41) is 14.2. The summed E-state index contributed by atoms with van der Waals surface area (Å²) in [6, 6.07) is 13.3. The zero-order valence-electron chi connectivity index (χ0n) is 21.0. The Morgan fingerprint density at radius 2 is 1.87 bits per heavy atom. The SMILES string of the molecule is COc1nn2c(c1-c1ccc(C(N)=O)cc1C#N)C(=O)N(c1ccc(C3CC(OC(F)(F)F)C3)cc1)C(C)C2. The molecule has 2 aromatic carbocycles. The van der Waals surface area contributed by atoms with E-state index in [4.69, 9.17) is 10.5 Å². The molecule has 1 aromatic heterocycles. The van der Waals surface area contributed by atoms with Crippen molar-refractivity contribution in [3.05, 3.63) is 64.8 Å². The van der Waals surface area contributed by atoms with E-state index in [0.29, 0.717) is 23.4 Å². The van der Waals surface area contributed by atoms with Gasteiger partial charge in [0.2, 0.25) is 11.8 Å². The molecule has 0 spiro atoms. The maximum absolute atomic E-state index is 13.9. The first-order valence-electron chi connectivity index (χ1n) is 12.2. The Hall–Kier alpha value is -4.37. The van der Waals surface area contributed by atoms with E-state index >= 15 is 0 Å². The van der Waals surface area contributed by atoms with E-state index in [0.717, 1.165) is 5.56 Å². The molecular weight excluding hydrogens is 515 g/mol. The number of benzene rings is 2. The molecule has 1 unspecified atom stereocenters. The third-order valence-corrected chi connectivity index (χ3v) is 7.14. The third kappa shape index (κ3) is 4.81. The van der Waals surface area contributed by atoms with Crippen LogP contribution in [0.2, 0.25) is 0 Å². The van der Waals surface area contributed by atoms with Gasteiger partial charge in [-0.25, -0.2) is 0 Å². The first kappa shape index (κ1) is 26.2. The quantitative estimate of drug-likeness (QED) is 0.497. The van der Waals surface area contributed by atoms with E-state index < -0.39 is 18.4 Å². The number of hydrogen-bond donors (Lipinski definition) is 1. The van der Waals surface area contributed by atoms with Gasteiger partial charge >= 0.3 is 6.36 Å². The Bertz CT molecular complexity index is 1490. The number of nitrogens with zero attached hydrogens (tertiary/aromatic N) is 4. The van der Waals surface area contributed by atoms with Crippen molar-refractivity contribution in [1.29, 1.82) is 5.26 Å². The molecule has 1 aliphatic carbocycles. The Labute approximate surface area is 221 Å². The van der Waals surface area contributed by atoms with Crippen LogP contribution in [-0.2, 0) is 11.3 Å². The van der Waals surface area contributed by atoms with Gasteiger partial charge in [0.1, 0.15) is 5.69 Å². The smallest absolute Gasteiger partial charge is 0.479 e. The van der Waals surface area contributed by atoms with Crippen LogP contribution in [0.5, 0.6) is 5.88 Å². The molecule has 2 aliphatic rings. The van der Waals surface area contributed by atoms with Crippen LogP contribution in [0.1, 0.15) is 57.7 Å². The summed E-state index contributed by atoms with van der Waals surface area (Å²) in [4.78, 5) is 27.2. The van der Waals surface area contributed by atoms with Gasteiger partial charge in [0.15, 0.2) is 0 Å². The molecule has 9 nitrogen and oxygen atoms in total. The van der Waals surface area contributed by atoms with Crippen LogP contribution in [0, 0.1) is 11.3 Å². The van der Waals surface area contributed by atoms with E-state index in [2.05, 4.69) is 15.9 Å². The van der Waals surface area contributed by atoms with Gasteiger partial charge in [-0.2, -0.15) is 5.26 Å². The van der Waals surface area contributed by atoms with Gasteiger partial charge in [-0.15, -0.1) is 18.3 Å². The monoisotopic (exact) mass is 539 g/mol. The summed E-state index contributed by atoms with van der Waals surface area (Å²) in [5.74, 6) is -0.943. The van der Waals surface area contributed by atoms with Crippen LogP contribution in [0.15, 0.2) is 42.5 Å². The van der Waals surface area contributed by atoms with Crippen LogP contribution in [0.3, 0.4) is 0 Å². The van der Waals surface area contributed by atoms with Gasteiger partial charge in [-0.1, -0.05) is 18.2 Å². The van der Waals surface area contributed by atoms with Crippen LogP contribution in [0.25, 0.3) is 11.1 Å². The number of ether oxygens (including phenoxy) is 2. The van der Waals surface area contributed by atoms with Crippen LogP contribution in [-0.4, -0.2) is 47.2 Å². The molecule has 202 valence electrons. The molecule has 1 fully saturated rings. The normalized spacial score (nSPS) is 20.7. The van der Waals surface area contributed by atoms with Crippen molar-refractivity contribution in [2.75, 3.05) is 12.0 Å². The molecular formula is C27H24F3N5O4. The summed E-state index contributed by atoms with van der Waals surface area (Å²) in [6.45, 7) is 2.22. The summed E-state index contributed by atoms with van der Waals surface area (Å²) in [5.41, 5.74) is 8.06. The average molecular weight is 540 g/mol. The number of carbonyl (C=O) groups is 2. The van der Waals surface area contributed by atoms with Crippen molar-refractivity contribution < 1.29 is 32.2 Å². The number of carbonyl (C=O) groups excluding carboxylic acids is 2. The highest BCUT2D eigenvalue weighted by molar-refractivity contribution is 6.11. The number of hydrogen-bond acceptors (Lipinski definition) is 6. The minimum Gasteiger partial charge on any atom is -0.479 e. The topological polar surface area (TPSA) is 123 Å². The second-order valence-corrected chi connectivity index (χ2v) is 9.62. The molecule has 3 aromatic rings. The Kier molecular flexibility index (Phi) is 6.56. The van der Waals surface area contributed by atoms with Crippen LogP contribution in [0.4, 0.5) is 18.9 Å². The lowest BCUT2D eigenvalue weighted by molar-refractivity contribution is -0.351. The molecule has 1 atom stereocenters. The number of nitrogens with two attached hydrogens (primary N) is 1. The van der Waals surface area contributed by atoms with E-state index in [-0.39, 0.29) is 53.4 Å². The standard InChI is InChI=1S/C27H24F3N5O4/c1-14-13-34-23(22(25(33-34)38-2)21-8-5-16(24(32)36)9-18(21)12-31)26(37)35(14)19-6-3-15(4-7-19)17-10-20(11-17)39-27(28,29)30/h3-9,14,17,20H,10-11,13H2,1-2H3,(H2,32,36). The predicted octanol–water partition coefficient (Wildman–Crippen LogP) is 4.36. The largest absolute Gasteiger partial charge is 0.522 e. The Morgan fingerprint density at radius 3 is 2.46 bits per heavy atom. The van der Waals surface area contributed by atoms with Crippen molar-refractivity contribution in [2.24, 2.45) is 5.73 Å². The van der Waals surface area contributed by atoms with Crippen LogP contribution >= 0.6 is 0 Å². The second-order valence-electron chi connectivity index (χ2n) is 9.62. The highest BCUT2D eigenvalue weighted by Gasteiger charge is 2.41. The van der Waals surface area contributed by atoms with Crippen molar-refractivity contribution in [1.82, 2.24) is 9.78 Å². The fraction of sp³-hybridized carbons (Fsp3) is 0.333. The lowest BCUT2D eigenvalue weighted by atomic mass is 9.77. The predicted molar refractivity (Wildman–Crippen MR) is 133 cm³/mol. The van der Waals surface area contributed by atoms with Gasteiger partial charge in [0.05, 0.1) is 43.0 Å². The summed E-state index contributed by atoms with van der Waals surface area (Å²) in [6.07, 6.45) is -4.94. The lowest BCUT2D eigenvalue weighted by Crippen LogP contribution is -2.47. The zero-order chi connectivity index (χ0) is 28.1. The first-order valence-corrected chi connectivity index (χ1v) is 12.2. The molecule has 2 amide bonds. The average Bonchev–Trinajstić information content (AvgIpc) is 3.23.